The Bertz CT molecular complexity index is 1180. The minimum absolute atomic E-state index is 0.188. The van der Waals surface area contributed by atoms with Gasteiger partial charge in [0, 0.05) is 36.6 Å². The Morgan fingerprint density at radius 2 is 1.97 bits per heavy atom. The van der Waals surface area contributed by atoms with E-state index in [0.717, 1.165) is 54.7 Å². The number of rotatable bonds is 4. The molecule has 0 atom stereocenters. The zero-order valence-corrected chi connectivity index (χ0v) is 16.6. The van der Waals surface area contributed by atoms with Crippen LogP contribution in [0.5, 0.6) is 0 Å². The summed E-state index contributed by atoms with van der Waals surface area (Å²) in [5, 5.41) is 8.65. The number of amides is 1. The fourth-order valence-electron chi connectivity index (χ4n) is 3.69. The smallest absolute Gasteiger partial charge is 0.259 e. The summed E-state index contributed by atoms with van der Waals surface area (Å²) in [6.07, 6.45) is 1.72. The molecule has 1 amide bonds. The van der Waals surface area contributed by atoms with Crippen LogP contribution >= 0.6 is 11.3 Å². The molecule has 5 rings (SSSR count). The van der Waals surface area contributed by atoms with E-state index in [4.69, 9.17) is 4.74 Å². The molecule has 146 valence electrons. The molecule has 0 radical (unpaired) electrons. The Kier molecular flexibility index (Phi) is 4.93. The van der Waals surface area contributed by atoms with Crippen LogP contribution in [0, 0.1) is 0 Å². The minimum Gasteiger partial charge on any atom is -0.379 e. The van der Waals surface area contributed by atoms with Crippen LogP contribution in [0.25, 0.3) is 21.7 Å². The Balaban J connectivity index is 1.41. The number of benzene rings is 2. The van der Waals surface area contributed by atoms with Gasteiger partial charge in [0.2, 0.25) is 0 Å². The average Bonchev–Trinajstić information content (AvgIpc) is 3.20. The fourth-order valence-corrected chi connectivity index (χ4v) is 4.39. The van der Waals surface area contributed by atoms with Crippen LogP contribution in [0.4, 0.5) is 5.13 Å². The van der Waals surface area contributed by atoms with Gasteiger partial charge in [0.05, 0.1) is 30.0 Å². The first-order valence-electron chi connectivity index (χ1n) is 9.60. The van der Waals surface area contributed by atoms with Gasteiger partial charge in [0.15, 0.2) is 5.13 Å². The van der Waals surface area contributed by atoms with Gasteiger partial charge in [-0.2, -0.15) is 0 Å². The Morgan fingerprint density at radius 3 is 2.86 bits per heavy atom. The van der Waals surface area contributed by atoms with Crippen LogP contribution in [-0.4, -0.2) is 47.1 Å². The second-order valence-electron chi connectivity index (χ2n) is 7.03. The maximum atomic E-state index is 13.1. The molecule has 3 heterocycles. The third kappa shape index (κ3) is 3.72. The molecule has 29 heavy (non-hydrogen) atoms. The van der Waals surface area contributed by atoms with E-state index in [1.165, 1.54) is 11.3 Å². The molecule has 0 unspecified atom stereocenters. The van der Waals surface area contributed by atoms with E-state index >= 15 is 0 Å². The summed E-state index contributed by atoms with van der Waals surface area (Å²) in [4.78, 5) is 24.4. The van der Waals surface area contributed by atoms with Gasteiger partial charge < -0.3 is 4.74 Å². The van der Waals surface area contributed by atoms with Gasteiger partial charge in [-0.3, -0.25) is 20.0 Å². The number of carbonyl (C=O) groups is 1. The molecule has 0 saturated carbocycles. The van der Waals surface area contributed by atoms with Gasteiger partial charge in [-0.25, -0.2) is 4.98 Å². The first kappa shape index (κ1) is 18.2. The monoisotopic (exact) mass is 404 g/mol. The van der Waals surface area contributed by atoms with Gasteiger partial charge >= 0.3 is 0 Å². The maximum Gasteiger partial charge on any atom is 0.259 e. The lowest BCUT2D eigenvalue weighted by Gasteiger charge is -2.25. The largest absolute Gasteiger partial charge is 0.379 e. The fraction of sp³-hybridized carbons (Fsp3) is 0.227. The van der Waals surface area contributed by atoms with E-state index < -0.39 is 0 Å². The first-order chi connectivity index (χ1) is 14.3. The number of pyridine rings is 1. The van der Waals surface area contributed by atoms with Crippen molar-refractivity contribution in [1.29, 1.82) is 0 Å². The first-order valence-corrected chi connectivity index (χ1v) is 10.5. The molecular weight excluding hydrogens is 384 g/mol. The zero-order chi connectivity index (χ0) is 19.6. The number of nitrogens with one attached hydrogen (secondary N) is 1. The summed E-state index contributed by atoms with van der Waals surface area (Å²) < 4.78 is 5.39. The zero-order valence-electron chi connectivity index (χ0n) is 15.8. The number of anilines is 1. The molecule has 1 aliphatic rings. The molecule has 2 aromatic carbocycles. The Hall–Kier alpha value is -2.87. The molecular formula is C22H20N4O2S. The van der Waals surface area contributed by atoms with Gasteiger partial charge in [-0.15, -0.1) is 11.3 Å². The third-order valence-electron chi connectivity index (χ3n) is 5.12. The van der Waals surface area contributed by atoms with Crippen LogP contribution in [0.15, 0.2) is 54.0 Å². The molecule has 4 aromatic rings. The number of fused-ring (bicyclic) bond motifs is 3. The second kappa shape index (κ2) is 7.87. The highest BCUT2D eigenvalue weighted by Crippen LogP contribution is 2.28. The standard InChI is InChI=1S/C22H20N4O2S/c27-21(25-22-24-16(14-29-22)13-26-8-10-28-11-9-26)19-12-15-4-1-2-5-17(15)18-6-3-7-23-20(18)19/h1-7,12,14H,8-11,13H2,(H,24,25,27). The lowest BCUT2D eigenvalue weighted by Crippen LogP contribution is -2.35. The number of carbonyl (C=O) groups excluding carboxylic acids is 1. The Morgan fingerprint density at radius 1 is 1.14 bits per heavy atom. The maximum absolute atomic E-state index is 13.1. The highest BCUT2D eigenvalue weighted by Gasteiger charge is 2.17. The van der Waals surface area contributed by atoms with Crippen LogP contribution in [0.2, 0.25) is 0 Å². The van der Waals surface area contributed by atoms with Gasteiger partial charge in [0.25, 0.3) is 5.91 Å². The van der Waals surface area contributed by atoms with E-state index in [1.807, 2.05) is 41.8 Å². The van der Waals surface area contributed by atoms with E-state index in [-0.39, 0.29) is 5.91 Å². The lowest BCUT2D eigenvalue weighted by molar-refractivity contribution is 0.0337. The topological polar surface area (TPSA) is 67.4 Å². The number of hydrogen-bond donors (Lipinski definition) is 1. The molecule has 7 heteroatoms. The predicted molar refractivity (Wildman–Crippen MR) is 115 cm³/mol. The van der Waals surface area contributed by atoms with Crippen molar-refractivity contribution in [3.8, 4) is 0 Å². The van der Waals surface area contributed by atoms with Crippen LogP contribution in [-0.2, 0) is 11.3 Å². The molecule has 1 saturated heterocycles. The van der Waals surface area contributed by atoms with E-state index in [9.17, 15) is 4.79 Å². The van der Waals surface area contributed by atoms with E-state index in [0.29, 0.717) is 16.2 Å². The van der Waals surface area contributed by atoms with Crippen molar-refractivity contribution >= 4 is 44.1 Å². The third-order valence-corrected chi connectivity index (χ3v) is 5.93. The highest BCUT2D eigenvalue weighted by molar-refractivity contribution is 7.14. The quantitative estimate of drug-likeness (QED) is 0.522. The van der Waals surface area contributed by atoms with Crippen molar-refractivity contribution in [2.24, 2.45) is 0 Å². The molecule has 2 aromatic heterocycles. The molecule has 0 aliphatic carbocycles. The molecule has 0 bridgehead atoms. The van der Waals surface area contributed by atoms with Crippen molar-refractivity contribution < 1.29 is 9.53 Å². The molecule has 1 fully saturated rings. The normalized spacial score (nSPS) is 15.0. The van der Waals surface area contributed by atoms with Crippen LogP contribution in [0.1, 0.15) is 16.1 Å². The summed E-state index contributed by atoms with van der Waals surface area (Å²) in [5.41, 5.74) is 2.23. The van der Waals surface area contributed by atoms with Crippen molar-refractivity contribution in [2.45, 2.75) is 6.54 Å². The van der Waals surface area contributed by atoms with Gasteiger partial charge in [-0.1, -0.05) is 30.3 Å². The average molecular weight is 404 g/mol. The number of thiazole rings is 1. The lowest BCUT2D eigenvalue weighted by atomic mass is 10.0. The molecule has 1 N–H and O–H groups in total. The summed E-state index contributed by atoms with van der Waals surface area (Å²) in [5.74, 6) is -0.188. The Labute approximate surface area is 172 Å². The molecule has 6 nitrogen and oxygen atoms in total. The predicted octanol–water partition coefficient (Wildman–Crippen LogP) is 3.93. The second-order valence-corrected chi connectivity index (χ2v) is 7.89. The van der Waals surface area contributed by atoms with E-state index in [2.05, 4.69) is 26.3 Å². The number of hydrogen-bond acceptors (Lipinski definition) is 6. The van der Waals surface area contributed by atoms with Gasteiger partial charge in [-0.05, 0) is 22.9 Å². The molecule has 1 aliphatic heterocycles. The van der Waals surface area contributed by atoms with Crippen LogP contribution in [0.3, 0.4) is 0 Å². The van der Waals surface area contributed by atoms with Crippen molar-refractivity contribution in [3.05, 3.63) is 65.3 Å². The highest BCUT2D eigenvalue weighted by atomic mass is 32.1. The van der Waals surface area contributed by atoms with Crippen molar-refractivity contribution in [3.63, 3.8) is 0 Å². The summed E-state index contributed by atoms with van der Waals surface area (Å²) >= 11 is 1.45. The number of aromatic nitrogens is 2. The van der Waals surface area contributed by atoms with Crippen LogP contribution < -0.4 is 5.32 Å². The summed E-state index contributed by atoms with van der Waals surface area (Å²) in [7, 11) is 0. The number of morpholine rings is 1. The summed E-state index contributed by atoms with van der Waals surface area (Å²) in [6, 6.07) is 13.9. The van der Waals surface area contributed by atoms with Gasteiger partial charge in [0.1, 0.15) is 0 Å². The number of nitrogens with zero attached hydrogens (tertiary/aromatic N) is 3. The van der Waals surface area contributed by atoms with E-state index in [1.54, 1.807) is 6.20 Å². The number of ether oxygens (including phenoxy) is 1. The van der Waals surface area contributed by atoms with Crippen molar-refractivity contribution in [1.82, 2.24) is 14.9 Å². The summed E-state index contributed by atoms with van der Waals surface area (Å²) in [6.45, 7) is 4.11. The molecule has 0 spiro atoms. The SMILES string of the molecule is O=C(Nc1nc(CN2CCOCC2)cs1)c1cc2ccccc2c2cccnc12. The van der Waals surface area contributed by atoms with Crippen molar-refractivity contribution in [2.75, 3.05) is 31.6 Å². The minimum atomic E-state index is -0.188.